The number of carbonyl (C=O) groups excluding carboxylic acids is 1. The number of rotatable bonds is 2. The van der Waals surface area contributed by atoms with E-state index in [2.05, 4.69) is 17.2 Å². The van der Waals surface area contributed by atoms with Crippen molar-refractivity contribution in [1.29, 1.82) is 0 Å². The molecule has 1 aromatic heterocycles. The number of hydrogen-bond donors (Lipinski definition) is 2. The first-order chi connectivity index (χ1) is 10.0. The van der Waals surface area contributed by atoms with Crippen molar-refractivity contribution in [2.45, 2.75) is 13.8 Å². The molecule has 0 unspecified atom stereocenters. The Hall–Kier alpha value is -1.80. The molecule has 2 aromatic rings. The predicted molar refractivity (Wildman–Crippen MR) is 89.1 cm³/mol. The minimum atomic E-state index is -0.223. The first-order valence-corrected chi connectivity index (χ1v) is 7.63. The van der Waals surface area contributed by atoms with E-state index in [0.717, 1.165) is 16.7 Å². The first kappa shape index (κ1) is 15.6. The highest BCUT2D eigenvalue weighted by Gasteiger charge is 2.15. The Morgan fingerprint density at radius 1 is 1.43 bits per heavy atom. The predicted octanol–water partition coefficient (Wildman–Crippen LogP) is 3.58. The largest absolute Gasteiger partial charge is 0.320 e. The topological polar surface area (TPSA) is 55.1 Å². The molecule has 2 rings (SSSR count). The second kappa shape index (κ2) is 6.77. The van der Waals surface area contributed by atoms with Gasteiger partial charge >= 0.3 is 0 Å². The first-order valence-electron chi connectivity index (χ1n) is 6.37. The fourth-order valence-electron chi connectivity index (χ4n) is 1.78. The Kier molecular flexibility index (Phi) is 5.03. The number of carbonyl (C=O) groups is 1. The van der Waals surface area contributed by atoms with E-state index in [-0.39, 0.29) is 12.5 Å². The Balaban J connectivity index is 2.32. The third-order valence-corrected chi connectivity index (χ3v) is 4.55. The van der Waals surface area contributed by atoms with Crippen LogP contribution in [0.15, 0.2) is 23.6 Å². The quantitative estimate of drug-likeness (QED) is 0.832. The Labute approximate surface area is 133 Å². The number of benzene rings is 1. The summed E-state index contributed by atoms with van der Waals surface area (Å²) in [5.41, 5.74) is 8.74. The van der Waals surface area contributed by atoms with E-state index in [1.165, 1.54) is 11.3 Å². The zero-order chi connectivity index (χ0) is 15.4. The monoisotopic (exact) mass is 318 g/mol. The van der Waals surface area contributed by atoms with Crippen molar-refractivity contribution in [1.82, 2.24) is 0 Å². The molecule has 21 heavy (non-hydrogen) atoms. The molecule has 0 saturated carbocycles. The summed E-state index contributed by atoms with van der Waals surface area (Å²) in [6, 6.07) is 5.69. The highest BCUT2D eigenvalue weighted by Crippen LogP contribution is 2.28. The summed E-state index contributed by atoms with van der Waals surface area (Å²) in [5, 5.41) is 5.24. The summed E-state index contributed by atoms with van der Waals surface area (Å²) in [6.45, 7) is 4.11. The number of amides is 1. The maximum Gasteiger partial charge on any atom is 0.267 e. The zero-order valence-corrected chi connectivity index (χ0v) is 13.4. The van der Waals surface area contributed by atoms with Gasteiger partial charge in [-0.05, 0) is 42.5 Å². The van der Waals surface area contributed by atoms with Crippen molar-refractivity contribution in [3.8, 4) is 11.8 Å². The Morgan fingerprint density at radius 3 is 2.81 bits per heavy atom. The summed E-state index contributed by atoms with van der Waals surface area (Å²) < 4.78 is 0. The number of thiophene rings is 1. The van der Waals surface area contributed by atoms with Crippen LogP contribution in [0.4, 0.5) is 5.69 Å². The normalized spacial score (nSPS) is 9.90. The summed E-state index contributed by atoms with van der Waals surface area (Å²) in [5.74, 6) is 5.53. The van der Waals surface area contributed by atoms with Crippen molar-refractivity contribution in [3.05, 3.63) is 50.2 Å². The van der Waals surface area contributed by atoms with Crippen LogP contribution in [0.1, 0.15) is 26.4 Å². The Bertz CT molecular complexity index is 740. The molecule has 0 spiro atoms. The molecule has 108 valence electrons. The number of hydrogen-bond acceptors (Lipinski definition) is 3. The van der Waals surface area contributed by atoms with Gasteiger partial charge in [0.05, 0.1) is 17.3 Å². The molecule has 1 amide bonds. The standard InChI is InChI=1S/C16H15ClN2OS/c1-10-5-6-12(4-3-7-18)13(8-10)19-16(20)15-14(17)11(2)9-21-15/h5-6,8-9H,7,18H2,1-2H3,(H,19,20). The van der Waals surface area contributed by atoms with E-state index in [9.17, 15) is 4.79 Å². The van der Waals surface area contributed by atoms with Crippen LogP contribution < -0.4 is 11.1 Å². The third-order valence-electron chi connectivity index (χ3n) is 2.85. The molecule has 1 aromatic carbocycles. The molecule has 1 heterocycles. The van der Waals surface area contributed by atoms with Crippen LogP contribution in [-0.2, 0) is 0 Å². The lowest BCUT2D eigenvalue weighted by Gasteiger charge is -2.08. The summed E-state index contributed by atoms with van der Waals surface area (Å²) in [7, 11) is 0. The van der Waals surface area contributed by atoms with Crippen LogP contribution in [0.2, 0.25) is 5.02 Å². The van der Waals surface area contributed by atoms with E-state index in [4.69, 9.17) is 17.3 Å². The van der Waals surface area contributed by atoms with Crippen molar-refractivity contribution in [2.75, 3.05) is 11.9 Å². The number of nitrogens with two attached hydrogens (primary N) is 1. The van der Waals surface area contributed by atoms with Gasteiger partial charge in [0.2, 0.25) is 0 Å². The molecule has 0 saturated heterocycles. The molecular weight excluding hydrogens is 304 g/mol. The van der Waals surface area contributed by atoms with E-state index in [1.807, 2.05) is 37.4 Å². The average Bonchev–Trinajstić information content (AvgIpc) is 2.78. The molecular formula is C16H15ClN2OS. The molecule has 0 aliphatic carbocycles. The Morgan fingerprint density at radius 2 is 2.19 bits per heavy atom. The van der Waals surface area contributed by atoms with E-state index < -0.39 is 0 Å². The minimum absolute atomic E-state index is 0.223. The summed E-state index contributed by atoms with van der Waals surface area (Å²) in [4.78, 5) is 12.8. The fourth-order valence-corrected chi connectivity index (χ4v) is 2.95. The van der Waals surface area contributed by atoms with Crippen LogP contribution in [0.5, 0.6) is 0 Å². The second-order valence-electron chi connectivity index (χ2n) is 4.57. The molecule has 0 fully saturated rings. The van der Waals surface area contributed by atoms with Gasteiger partial charge in [0.1, 0.15) is 4.88 Å². The van der Waals surface area contributed by atoms with Crippen molar-refractivity contribution in [3.63, 3.8) is 0 Å². The molecule has 0 bridgehead atoms. The second-order valence-corrected chi connectivity index (χ2v) is 5.83. The van der Waals surface area contributed by atoms with E-state index in [0.29, 0.717) is 15.6 Å². The van der Waals surface area contributed by atoms with E-state index in [1.54, 1.807) is 0 Å². The van der Waals surface area contributed by atoms with Gasteiger partial charge in [0.25, 0.3) is 5.91 Å². The van der Waals surface area contributed by atoms with Gasteiger partial charge in [-0.2, -0.15) is 0 Å². The van der Waals surface area contributed by atoms with Crippen LogP contribution in [0.25, 0.3) is 0 Å². The van der Waals surface area contributed by atoms with Gasteiger partial charge in [0.15, 0.2) is 0 Å². The number of halogens is 1. The van der Waals surface area contributed by atoms with Crippen molar-refractivity contribution >= 4 is 34.5 Å². The van der Waals surface area contributed by atoms with Gasteiger partial charge in [0, 0.05) is 5.56 Å². The number of aryl methyl sites for hydroxylation is 2. The highest BCUT2D eigenvalue weighted by molar-refractivity contribution is 7.13. The molecule has 3 nitrogen and oxygen atoms in total. The van der Waals surface area contributed by atoms with Gasteiger partial charge in [-0.3, -0.25) is 4.79 Å². The number of nitrogens with one attached hydrogen (secondary N) is 1. The van der Waals surface area contributed by atoms with Crippen LogP contribution >= 0.6 is 22.9 Å². The maximum atomic E-state index is 12.3. The molecule has 0 atom stereocenters. The molecule has 3 N–H and O–H groups in total. The lowest BCUT2D eigenvalue weighted by Crippen LogP contribution is -2.12. The van der Waals surface area contributed by atoms with Crippen LogP contribution in [0, 0.1) is 25.7 Å². The lowest BCUT2D eigenvalue weighted by atomic mass is 10.1. The van der Waals surface area contributed by atoms with Crippen LogP contribution in [-0.4, -0.2) is 12.5 Å². The third kappa shape index (κ3) is 3.64. The molecule has 0 aliphatic heterocycles. The molecule has 0 aliphatic rings. The van der Waals surface area contributed by atoms with Crippen LogP contribution in [0.3, 0.4) is 0 Å². The number of anilines is 1. The lowest BCUT2D eigenvalue weighted by molar-refractivity contribution is 0.103. The van der Waals surface area contributed by atoms with Gasteiger partial charge < -0.3 is 11.1 Å². The molecule has 0 radical (unpaired) electrons. The van der Waals surface area contributed by atoms with Crippen molar-refractivity contribution < 1.29 is 4.79 Å². The smallest absolute Gasteiger partial charge is 0.267 e. The van der Waals surface area contributed by atoms with Gasteiger partial charge in [-0.1, -0.05) is 29.5 Å². The SMILES string of the molecule is Cc1ccc(C#CCN)c(NC(=O)c2scc(C)c2Cl)c1. The average molecular weight is 319 g/mol. The van der Waals surface area contributed by atoms with Crippen molar-refractivity contribution in [2.24, 2.45) is 5.73 Å². The molecule has 5 heteroatoms. The summed E-state index contributed by atoms with van der Waals surface area (Å²) in [6.07, 6.45) is 0. The highest BCUT2D eigenvalue weighted by atomic mass is 35.5. The zero-order valence-electron chi connectivity index (χ0n) is 11.8. The van der Waals surface area contributed by atoms with E-state index >= 15 is 0 Å². The summed E-state index contributed by atoms with van der Waals surface area (Å²) >= 11 is 7.46. The van der Waals surface area contributed by atoms with Gasteiger partial charge in [-0.15, -0.1) is 11.3 Å². The fraction of sp³-hybridized carbons (Fsp3) is 0.188. The minimum Gasteiger partial charge on any atom is -0.320 e. The maximum absolute atomic E-state index is 12.3. The van der Waals surface area contributed by atoms with Gasteiger partial charge in [-0.25, -0.2) is 0 Å².